The van der Waals surface area contributed by atoms with Crippen molar-refractivity contribution >= 4 is 22.6 Å². The summed E-state index contributed by atoms with van der Waals surface area (Å²) in [7, 11) is 1.86. The number of hydrogen-bond acceptors (Lipinski definition) is 4. The van der Waals surface area contributed by atoms with Crippen LogP contribution in [-0.4, -0.2) is 23.1 Å². The van der Waals surface area contributed by atoms with Gasteiger partial charge < -0.3 is 14.4 Å². The molecule has 3 rings (SSSR count). The molecule has 0 aliphatic rings. The summed E-state index contributed by atoms with van der Waals surface area (Å²) < 4.78 is 5.06. The summed E-state index contributed by atoms with van der Waals surface area (Å²) in [6.45, 7) is 0.560. The second kappa shape index (κ2) is 5.28. The van der Waals surface area contributed by atoms with E-state index in [4.69, 9.17) is 4.42 Å². The highest BCUT2D eigenvalue weighted by Gasteiger charge is 2.18. The van der Waals surface area contributed by atoms with Crippen LogP contribution in [0, 0.1) is 0 Å². The van der Waals surface area contributed by atoms with Crippen LogP contribution in [0.5, 0.6) is 0 Å². The van der Waals surface area contributed by atoms with Crippen LogP contribution in [-0.2, 0) is 6.54 Å². The summed E-state index contributed by atoms with van der Waals surface area (Å²) in [5, 5.41) is 10.2. The molecule has 0 spiro atoms. The molecule has 5 heteroatoms. The molecule has 0 saturated carbocycles. The van der Waals surface area contributed by atoms with Crippen molar-refractivity contribution in [1.82, 2.24) is 4.98 Å². The van der Waals surface area contributed by atoms with Gasteiger partial charge in [0.25, 0.3) is 0 Å². The van der Waals surface area contributed by atoms with Crippen molar-refractivity contribution < 1.29 is 14.3 Å². The van der Waals surface area contributed by atoms with Crippen LogP contribution in [0.3, 0.4) is 0 Å². The highest BCUT2D eigenvalue weighted by atomic mass is 16.4. The smallest absolute Gasteiger partial charge is 0.339 e. The Morgan fingerprint density at radius 2 is 2.14 bits per heavy atom. The first kappa shape index (κ1) is 13.2. The van der Waals surface area contributed by atoms with E-state index in [1.54, 1.807) is 12.5 Å². The maximum Gasteiger partial charge on any atom is 0.339 e. The summed E-state index contributed by atoms with van der Waals surface area (Å²) in [6, 6.07) is 9.38. The Bertz CT molecular complexity index is 781. The summed E-state index contributed by atoms with van der Waals surface area (Å²) in [6.07, 6.45) is 4.66. The molecular weight excluding hydrogens is 268 g/mol. The first-order valence-corrected chi connectivity index (χ1v) is 6.50. The zero-order chi connectivity index (χ0) is 14.8. The molecule has 0 unspecified atom stereocenters. The zero-order valence-electron chi connectivity index (χ0n) is 11.5. The van der Waals surface area contributed by atoms with Crippen molar-refractivity contribution in [2.75, 3.05) is 11.9 Å². The van der Waals surface area contributed by atoms with Crippen LogP contribution in [0.4, 0.5) is 5.69 Å². The summed E-state index contributed by atoms with van der Waals surface area (Å²) >= 11 is 0. The van der Waals surface area contributed by atoms with Crippen LogP contribution in [0.25, 0.3) is 10.9 Å². The van der Waals surface area contributed by atoms with E-state index in [1.165, 1.54) is 6.20 Å². The first-order chi connectivity index (χ1) is 10.2. The van der Waals surface area contributed by atoms with Crippen molar-refractivity contribution in [1.29, 1.82) is 0 Å². The molecule has 2 aromatic heterocycles. The average molecular weight is 282 g/mol. The standard InChI is InChI=1S/C16H14N2O3/c1-18(9-11-6-7-21-10-11)15-12-4-2-3-5-14(12)17-8-13(15)16(19)20/h2-8,10H,9H2,1H3,(H,19,20). The van der Waals surface area contributed by atoms with Gasteiger partial charge in [0.1, 0.15) is 5.56 Å². The van der Waals surface area contributed by atoms with Crippen LogP contribution < -0.4 is 4.90 Å². The Labute approximate surface area is 121 Å². The molecular formula is C16H14N2O3. The molecule has 106 valence electrons. The number of carboxylic acid groups (broad SMARTS) is 1. The molecule has 0 aliphatic heterocycles. The maximum absolute atomic E-state index is 11.5. The lowest BCUT2D eigenvalue weighted by Crippen LogP contribution is -2.20. The van der Waals surface area contributed by atoms with Gasteiger partial charge in [-0.1, -0.05) is 18.2 Å². The Morgan fingerprint density at radius 3 is 2.86 bits per heavy atom. The number of aromatic nitrogens is 1. The minimum Gasteiger partial charge on any atom is -0.478 e. The second-order valence-corrected chi connectivity index (χ2v) is 4.83. The lowest BCUT2D eigenvalue weighted by Gasteiger charge is -2.22. The van der Waals surface area contributed by atoms with Crippen LogP contribution >= 0.6 is 0 Å². The Morgan fingerprint density at radius 1 is 1.33 bits per heavy atom. The topological polar surface area (TPSA) is 66.6 Å². The Balaban J connectivity index is 2.13. The number of benzene rings is 1. The van der Waals surface area contributed by atoms with E-state index in [1.807, 2.05) is 42.3 Å². The highest BCUT2D eigenvalue weighted by molar-refractivity contribution is 6.04. The van der Waals surface area contributed by atoms with Gasteiger partial charge in [-0.2, -0.15) is 0 Å². The molecule has 0 radical (unpaired) electrons. The third kappa shape index (κ3) is 2.45. The monoisotopic (exact) mass is 282 g/mol. The number of rotatable bonds is 4. The maximum atomic E-state index is 11.5. The van der Waals surface area contributed by atoms with E-state index < -0.39 is 5.97 Å². The molecule has 21 heavy (non-hydrogen) atoms. The molecule has 0 saturated heterocycles. The van der Waals surface area contributed by atoms with Crippen molar-refractivity contribution in [3.05, 3.63) is 60.2 Å². The molecule has 0 atom stereocenters. The zero-order valence-corrected chi connectivity index (χ0v) is 11.5. The summed E-state index contributed by atoms with van der Waals surface area (Å²) in [5.74, 6) is -0.984. The summed E-state index contributed by atoms with van der Waals surface area (Å²) in [5.41, 5.74) is 2.61. The van der Waals surface area contributed by atoms with E-state index in [-0.39, 0.29) is 5.56 Å². The van der Waals surface area contributed by atoms with Crippen LogP contribution in [0.2, 0.25) is 0 Å². The average Bonchev–Trinajstić information content (AvgIpc) is 2.98. The number of pyridine rings is 1. The van der Waals surface area contributed by atoms with E-state index in [9.17, 15) is 9.90 Å². The number of nitrogens with zero attached hydrogens (tertiary/aromatic N) is 2. The van der Waals surface area contributed by atoms with Crippen molar-refractivity contribution in [3.63, 3.8) is 0 Å². The number of furan rings is 1. The van der Waals surface area contributed by atoms with Crippen LogP contribution in [0.15, 0.2) is 53.5 Å². The normalized spacial score (nSPS) is 10.7. The Kier molecular flexibility index (Phi) is 3.31. The minimum atomic E-state index is -0.984. The SMILES string of the molecule is CN(Cc1ccoc1)c1c(C(=O)O)cnc2ccccc12. The van der Waals surface area contributed by atoms with Crippen molar-refractivity contribution in [2.24, 2.45) is 0 Å². The van der Waals surface area contributed by atoms with Gasteiger partial charge in [-0.05, 0) is 12.1 Å². The first-order valence-electron chi connectivity index (χ1n) is 6.50. The number of para-hydroxylation sites is 1. The van der Waals surface area contributed by atoms with Gasteiger partial charge in [0, 0.05) is 30.7 Å². The van der Waals surface area contributed by atoms with E-state index in [2.05, 4.69) is 4.98 Å². The molecule has 1 aromatic carbocycles. The lowest BCUT2D eigenvalue weighted by atomic mass is 10.1. The molecule has 0 amide bonds. The number of aromatic carboxylic acids is 1. The number of carboxylic acids is 1. The quantitative estimate of drug-likeness (QED) is 0.796. The predicted octanol–water partition coefficient (Wildman–Crippen LogP) is 3.16. The fourth-order valence-electron chi connectivity index (χ4n) is 2.43. The molecule has 0 fully saturated rings. The number of anilines is 1. The number of fused-ring (bicyclic) bond motifs is 1. The molecule has 0 bridgehead atoms. The number of hydrogen-bond donors (Lipinski definition) is 1. The van der Waals surface area contributed by atoms with Gasteiger partial charge in [0.05, 0.1) is 23.7 Å². The third-order valence-electron chi connectivity index (χ3n) is 3.36. The van der Waals surface area contributed by atoms with Crippen molar-refractivity contribution in [3.8, 4) is 0 Å². The van der Waals surface area contributed by atoms with E-state index >= 15 is 0 Å². The van der Waals surface area contributed by atoms with Crippen LogP contribution in [0.1, 0.15) is 15.9 Å². The molecule has 5 nitrogen and oxygen atoms in total. The largest absolute Gasteiger partial charge is 0.478 e. The molecule has 0 aliphatic carbocycles. The molecule has 2 heterocycles. The van der Waals surface area contributed by atoms with Gasteiger partial charge in [-0.25, -0.2) is 4.79 Å². The molecule has 3 aromatic rings. The second-order valence-electron chi connectivity index (χ2n) is 4.83. The highest BCUT2D eigenvalue weighted by Crippen LogP contribution is 2.29. The van der Waals surface area contributed by atoms with Gasteiger partial charge in [-0.3, -0.25) is 4.98 Å². The fraction of sp³-hybridized carbons (Fsp3) is 0.125. The third-order valence-corrected chi connectivity index (χ3v) is 3.36. The Hall–Kier alpha value is -2.82. The van der Waals surface area contributed by atoms with E-state index in [0.29, 0.717) is 12.2 Å². The predicted molar refractivity (Wildman–Crippen MR) is 79.5 cm³/mol. The van der Waals surface area contributed by atoms with Gasteiger partial charge in [0.2, 0.25) is 0 Å². The van der Waals surface area contributed by atoms with Gasteiger partial charge in [0.15, 0.2) is 0 Å². The van der Waals surface area contributed by atoms with Gasteiger partial charge in [-0.15, -0.1) is 0 Å². The fourth-order valence-corrected chi connectivity index (χ4v) is 2.43. The molecule has 1 N–H and O–H groups in total. The van der Waals surface area contributed by atoms with E-state index in [0.717, 1.165) is 16.5 Å². The van der Waals surface area contributed by atoms with Gasteiger partial charge >= 0.3 is 5.97 Å². The number of carbonyl (C=O) groups is 1. The minimum absolute atomic E-state index is 0.194. The van der Waals surface area contributed by atoms with Crippen molar-refractivity contribution in [2.45, 2.75) is 6.54 Å². The summed E-state index contributed by atoms with van der Waals surface area (Å²) in [4.78, 5) is 17.6. The lowest BCUT2D eigenvalue weighted by molar-refractivity contribution is 0.0697.